The van der Waals surface area contributed by atoms with Gasteiger partial charge in [-0.1, -0.05) is 15.9 Å². The summed E-state index contributed by atoms with van der Waals surface area (Å²) in [5.74, 6) is -0.400. The summed E-state index contributed by atoms with van der Waals surface area (Å²) in [6.45, 7) is 0. The van der Waals surface area contributed by atoms with Crippen LogP contribution in [0.15, 0.2) is 40.9 Å². The Kier molecular flexibility index (Phi) is 2.80. The van der Waals surface area contributed by atoms with Gasteiger partial charge in [0.2, 0.25) is 0 Å². The fourth-order valence-corrected chi connectivity index (χ4v) is 3.21. The average Bonchev–Trinajstić information content (AvgIpc) is 2.75. The fourth-order valence-electron chi connectivity index (χ4n) is 1.70. The van der Waals surface area contributed by atoms with Crippen molar-refractivity contribution >= 4 is 43.2 Å². The van der Waals surface area contributed by atoms with E-state index in [0.717, 1.165) is 25.3 Å². The molecular weight excluding hydrogens is 315 g/mol. The zero-order valence-electron chi connectivity index (χ0n) is 9.15. The zero-order chi connectivity index (χ0) is 12.7. The van der Waals surface area contributed by atoms with Crippen LogP contribution in [0.5, 0.6) is 0 Å². The second kappa shape index (κ2) is 4.33. The number of aromatic nitrogens is 1. The van der Waals surface area contributed by atoms with Crippen LogP contribution in [0.2, 0.25) is 0 Å². The van der Waals surface area contributed by atoms with Gasteiger partial charge >= 0.3 is 0 Å². The molecule has 0 amide bonds. The number of halogens is 2. The molecule has 0 aliphatic rings. The van der Waals surface area contributed by atoms with Gasteiger partial charge in [-0.05, 0) is 36.4 Å². The molecule has 0 fully saturated rings. The van der Waals surface area contributed by atoms with Gasteiger partial charge in [0.15, 0.2) is 0 Å². The van der Waals surface area contributed by atoms with E-state index in [9.17, 15) is 4.39 Å². The molecule has 3 rings (SSSR count). The predicted octanol–water partition coefficient (Wildman–Crippen LogP) is 4.45. The van der Waals surface area contributed by atoms with Crippen molar-refractivity contribution in [3.05, 3.63) is 46.7 Å². The molecule has 0 unspecified atom stereocenters. The first-order chi connectivity index (χ1) is 8.63. The highest BCUT2D eigenvalue weighted by Gasteiger charge is 2.08. The Morgan fingerprint density at radius 2 is 2.00 bits per heavy atom. The highest BCUT2D eigenvalue weighted by molar-refractivity contribution is 9.10. The molecule has 0 aliphatic heterocycles. The average molecular weight is 323 g/mol. The maximum atomic E-state index is 13.1. The van der Waals surface area contributed by atoms with Crippen molar-refractivity contribution in [3.63, 3.8) is 0 Å². The van der Waals surface area contributed by atoms with Crippen LogP contribution in [0.4, 0.5) is 10.1 Å². The molecule has 90 valence electrons. The van der Waals surface area contributed by atoms with E-state index in [1.165, 1.54) is 6.07 Å². The number of nitrogens with two attached hydrogens (primary N) is 1. The van der Waals surface area contributed by atoms with Crippen molar-refractivity contribution in [3.8, 4) is 10.6 Å². The lowest BCUT2D eigenvalue weighted by Gasteiger charge is -1.99. The van der Waals surface area contributed by atoms with Crippen LogP contribution in [0, 0.1) is 5.82 Å². The molecule has 0 atom stereocenters. The van der Waals surface area contributed by atoms with Crippen molar-refractivity contribution in [2.45, 2.75) is 0 Å². The van der Waals surface area contributed by atoms with E-state index in [0.29, 0.717) is 0 Å². The maximum absolute atomic E-state index is 13.1. The lowest BCUT2D eigenvalue weighted by atomic mass is 10.2. The van der Waals surface area contributed by atoms with Crippen molar-refractivity contribution < 1.29 is 4.39 Å². The number of hydrogen-bond acceptors (Lipinski definition) is 3. The Balaban J connectivity index is 2.16. The van der Waals surface area contributed by atoms with E-state index in [1.807, 2.05) is 18.2 Å². The summed E-state index contributed by atoms with van der Waals surface area (Å²) in [7, 11) is 0. The standard InChI is InChI=1S/C13H8BrFN2S/c14-8-2-4-11-12(6-8)18-13(17-11)7-1-3-9(15)10(16)5-7/h1-6H,16H2. The summed E-state index contributed by atoms with van der Waals surface area (Å²) >= 11 is 4.99. The lowest BCUT2D eigenvalue weighted by Crippen LogP contribution is -1.90. The highest BCUT2D eigenvalue weighted by atomic mass is 79.9. The Labute approximate surface area is 115 Å². The number of rotatable bonds is 1. The number of hydrogen-bond donors (Lipinski definition) is 1. The monoisotopic (exact) mass is 322 g/mol. The van der Waals surface area contributed by atoms with E-state index < -0.39 is 5.82 Å². The van der Waals surface area contributed by atoms with E-state index in [4.69, 9.17) is 5.73 Å². The minimum absolute atomic E-state index is 0.146. The summed E-state index contributed by atoms with van der Waals surface area (Å²) < 4.78 is 15.2. The van der Waals surface area contributed by atoms with Crippen molar-refractivity contribution in [2.75, 3.05) is 5.73 Å². The van der Waals surface area contributed by atoms with Gasteiger partial charge in [-0.25, -0.2) is 9.37 Å². The van der Waals surface area contributed by atoms with Crippen LogP contribution in [0.25, 0.3) is 20.8 Å². The van der Waals surface area contributed by atoms with E-state index in [2.05, 4.69) is 20.9 Å². The molecule has 0 spiro atoms. The normalized spacial score (nSPS) is 11.0. The topological polar surface area (TPSA) is 38.9 Å². The lowest BCUT2D eigenvalue weighted by molar-refractivity contribution is 0.632. The zero-order valence-corrected chi connectivity index (χ0v) is 11.6. The summed E-state index contributed by atoms with van der Waals surface area (Å²) in [5, 5.41) is 0.842. The van der Waals surface area contributed by atoms with Crippen molar-refractivity contribution in [1.29, 1.82) is 0 Å². The number of nitrogens with zero attached hydrogens (tertiary/aromatic N) is 1. The molecule has 0 bridgehead atoms. The van der Waals surface area contributed by atoms with Gasteiger partial charge in [-0.15, -0.1) is 11.3 Å². The number of fused-ring (bicyclic) bond motifs is 1. The molecule has 0 aliphatic carbocycles. The van der Waals surface area contributed by atoms with E-state index >= 15 is 0 Å². The minimum atomic E-state index is -0.400. The number of benzene rings is 2. The molecule has 2 aromatic carbocycles. The van der Waals surface area contributed by atoms with Crippen molar-refractivity contribution in [2.24, 2.45) is 0 Å². The summed E-state index contributed by atoms with van der Waals surface area (Å²) in [6.07, 6.45) is 0. The van der Waals surface area contributed by atoms with Crippen LogP contribution < -0.4 is 5.73 Å². The maximum Gasteiger partial charge on any atom is 0.146 e. The quantitative estimate of drug-likeness (QED) is 0.672. The van der Waals surface area contributed by atoms with Gasteiger partial charge in [-0.3, -0.25) is 0 Å². The van der Waals surface area contributed by atoms with Gasteiger partial charge in [0.1, 0.15) is 10.8 Å². The number of thiazole rings is 1. The molecule has 0 radical (unpaired) electrons. The van der Waals surface area contributed by atoms with Gasteiger partial charge in [0.05, 0.1) is 15.9 Å². The molecule has 0 saturated carbocycles. The third-order valence-electron chi connectivity index (χ3n) is 2.59. The van der Waals surface area contributed by atoms with Gasteiger partial charge in [0.25, 0.3) is 0 Å². The van der Waals surface area contributed by atoms with Gasteiger partial charge < -0.3 is 5.73 Å². The second-order valence-corrected chi connectivity index (χ2v) is 5.81. The molecule has 1 heterocycles. The minimum Gasteiger partial charge on any atom is -0.396 e. The third-order valence-corrected chi connectivity index (χ3v) is 4.15. The van der Waals surface area contributed by atoms with Crippen LogP contribution in [0.3, 0.4) is 0 Å². The first-order valence-electron chi connectivity index (χ1n) is 5.25. The number of nitrogen functional groups attached to an aromatic ring is 1. The van der Waals surface area contributed by atoms with E-state index in [1.54, 1.807) is 23.5 Å². The highest BCUT2D eigenvalue weighted by Crippen LogP contribution is 2.32. The Morgan fingerprint density at radius 1 is 1.17 bits per heavy atom. The molecular formula is C13H8BrFN2S. The van der Waals surface area contributed by atoms with Crippen molar-refractivity contribution in [1.82, 2.24) is 4.98 Å². The molecule has 3 aromatic rings. The molecule has 5 heteroatoms. The molecule has 2 nitrogen and oxygen atoms in total. The summed E-state index contributed by atoms with van der Waals surface area (Å²) in [4.78, 5) is 4.51. The van der Waals surface area contributed by atoms with E-state index in [-0.39, 0.29) is 5.69 Å². The molecule has 0 saturated heterocycles. The van der Waals surface area contributed by atoms with Crippen LogP contribution >= 0.6 is 27.3 Å². The second-order valence-electron chi connectivity index (χ2n) is 3.87. The van der Waals surface area contributed by atoms with Crippen LogP contribution in [-0.2, 0) is 0 Å². The largest absolute Gasteiger partial charge is 0.396 e. The SMILES string of the molecule is Nc1cc(-c2nc3ccc(Br)cc3s2)ccc1F. The Bertz CT molecular complexity index is 739. The van der Waals surface area contributed by atoms with Crippen LogP contribution in [0.1, 0.15) is 0 Å². The molecule has 1 aromatic heterocycles. The predicted molar refractivity (Wildman–Crippen MR) is 77.1 cm³/mol. The summed E-state index contributed by atoms with van der Waals surface area (Å²) in [6, 6.07) is 10.6. The van der Waals surface area contributed by atoms with Gasteiger partial charge in [-0.2, -0.15) is 0 Å². The van der Waals surface area contributed by atoms with Gasteiger partial charge in [0, 0.05) is 10.0 Å². The first-order valence-corrected chi connectivity index (χ1v) is 6.86. The fraction of sp³-hybridized carbons (Fsp3) is 0. The van der Waals surface area contributed by atoms with Crippen LogP contribution in [-0.4, -0.2) is 4.98 Å². The smallest absolute Gasteiger partial charge is 0.146 e. The number of anilines is 1. The first kappa shape index (κ1) is 11.6. The Morgan fingerprint density at radius 3 is 2.78 bits per heavy atom. The molecule has 2 N–H and O–H groups in total. The molecule has 18 heavy (non-hydrogen) atoms. The Hall–Kier alpha value is -1.46. The third kappa shape index (κ3) is 2.00. The summed E-state index contributed by atoms with van der Waals surface area (Å²) in [5.41, 5.74) is 7.49.